The molecule has 11 heavy (non-hydrogen) atoms. The summed E-state index contributed by atoms with van der Waals surface area (Å²) in [4.78, 5) is 12.5. The summed E-state index contributed by atoms with van der Waals surface area (Å²) in [6.45, 7) is 2.94. The second-order valence-corrected chi connectivity index (χ2v) is 2.24. The van der Waals surface area contributed by atoms with Crippen molar-refractivity contribution in [2.75, 3.05) is 20.1 Å². The molecule has 0 heterocycles. The Balaban J connectivity index is 3.70. The highest BCUT2D eigenvalue weighted by Crippen LogP contribution is 1.85. The monoisotopic (exact) mass is 154 g/mol. The van der Waals surface area contributed by atoms with Gasteiger partial charge in [-0.15, -0.1) is 0 Å². The lowest BCUT2D eigenvalue weighted by molar-refractivity contribution is -0.123. The van der Waals surface area contributed by atoms with E-state index in [1.54, 1.807) is 18.9 Å². The van der Waals surface area contributed by atoms with Gasteiger partial charge in [-0.2, -0.15) is 0 Å². The molecule has 62 valence electrons. The van der Waals surface area contributed by atoms with Gasteiger partial charge in [0.1, 0.15) is 0 Å². The van der Waals surface area contributed by atoms with Gasteiger partial charge in [0, 0.05) is 13.6 Å². The van der Waals surface area contributed by atoms with Crippen LogP contribution in [0.1, 0.15) is 13.3 Å². The second kappa shape index (κ2) is 5.75. The van der Waals surface area contributed by atoms with Crippen molar-refractivity contribution in [2.24, 2.45) is 5.73 Å². The maximum Gasteiger partial charge on any atom is 0.298 e. The van der Waals surface area contributed by atoms with Gasteiger partial charge in [-0.05, 0) is 25.8 Å². The number of nitrogens with zero attached hydrogens (tertiary/aromatic N) is 1. The maximum atomic E-state index is 11.0. The van der Waals surface area contributed by atoms with E-state index in [1.165, 1.54) is 0 Å². The summed E-state index contributed by atoms with van der Waals surface area (Å²) in [5, 5.41) is 0. The minimum atomic E-state index is -0.138. The van der Waals surface area contributed by atoms with Crippen LogP contribution in [0.15, 0.2) is 0 Å². The zero-order valence-corrected chi connectivity index (χ0v) is 7.05. The average Bonchev–Trinajstić information content (AvgIpc) is 2.00. The smallest absolute Gasteiger partial charge is 0.298 e. The van der Waals surface area contributed by atoms with E-state index in [1.807, 2.05) is 0 Å². The van der Waals surface area contributed by atoms with Crippen LogP contribution in [0.25, 0.3) is 0 Å². The second-order valence-electron chi connectivity index (χ2n) is 2.24. The van der Waals surface area contributed by atoms with Gasteiger partial charge in [-0.1, -0.05) is 5.92 Å². The molecule has 2 N–H and O–H groups in total. The summed E-state index contributed by atoms with van der Waals surface area (Å²) >= 11 is 0. The third kappa shape index (κ3) is 4.40. The Hall–Kier alpha value is -1.01. The standard InChI is InChI=1S/C8H14N2O/c1-3-5-8(11)10(2)7-4-6-9/h4,6-7,9H2,1-2H3. The fourth-order valence-corrected chi connectivity index (χ4v) is 0.632. The average molecular weight is 154 g/mol. The minimum Gasteiger partial charge on any atom is -0.335 e. The van der Waals surface area contributed by atoms with E-state index in [0.29, 0.717) is 13.1 Å². The number of nitrogens with two attached hydrogens (primary N) is 1. The molecule has 0 fully saturated rings. The van der Waals surface area contributed by atoms with E-state index in [0.717, 1.165) is 6.42 Å². The third-order valence-electron chi connectivity index (χ3n) is 1.28. The van der Waals surface area contributed by atoms with E-state index in [4.69, 9.17) is 5.73 Å². The lowest BCUT2D eigenvalue weighted by Gasteiger charge is -2.11. The van der Waals surface area contributed by atoms with E-state index >= 15 is 0 Å². The van der Waals surface area contributed by atoms with Crippen LogP contribution in [0.3, 0.4) is 0 Å². The SMILES string of the molecule is CC#CC(=O)N(C)CCCN. The Kier molecular flexibility index (Phi) is 5.22. The third-order valence-corrected chi connectivity index (χ3v) is 1.28. The fraction of sp³-hybridized carbons (Fsp3) is 0.625. The molecule has 0 rings (SSSR count). The van der Waals surface area contributed by atoms with Gasteiger partial charge in [0.2, 0.25) is 0 Å². The predicted octanol–water partition coefficient (Wildman–Crippen LogP) is -0.183. The highest BCUT2D eigenvalue weighted by molar-refractivity contribution is 5.93. The van der Waals surface area contributed by atoms with Crippen LogP contribution < -0.4 is 5.73 Å². The van der Waals surface area contributed by atoms with Crippen LogP contribution in [0, 0.1) is 11.8 Å². The van der Waals surface area contributed by atoms with Gasteiger partial charge in [0.25, 0.3) is 5.91 Å². The molecule has 0 aliphatic heterocycles. The quantitative estimate of drug-likeness (QED) is 0.573. The van der Waals surface area contributed by atoms with Gasteiger partial charge in [-0.25, -0.2) is 0 Å². The number of rotatable bonds is 3. The van der Waals surface area contributed by atoms with Crippen LogP contribution in [-0.2, 0) is 4.79 Å². The van der Waals surface area contributed by atoms with E-state index in [2.05, 4.69) is 11.8 Å². The van der Waals surface area contributed by atoms with Crippen molar-refractivity contribution in [1.82, 2.24) is 4.90 Å². The summed E-state index contributed by atoms with van der Waals surface area (Å²) < 4.78 is 0. The molecule has 0 saturated heterocycles. The van der Waals surface area contributed by atoms with Crippen molar-refractivity contribution < 1.29 is 4.79 Å². The molecule has 0 atom stereocenters. The molecular weight excluding hydrogens is 140 g/mol. The highest BCUT2D eigenvalue weighted by atomic mass is 16.2. The molecule has 0 saturated carbocycles. The molecule has 0 unspecified atom stereocenters. The number of carbonyl (C=O) groups excluding carboxylic acids is 1. The molecule has 0 bridgehead atoms. The summed E-state index contributed by atoms with van der Waals surface area (Å²) in [5.74, 6) is 4.86. The molecule has 0 radical (unpaired) electrons. The molecule has 0 aliphatic rings. The topological polar surface area (TPSA) is 46.3 Å². The molecule has 0 aromatic rings. The predicted molar refractivity (Wildman–Crippen MR) is 44.8 cm³/mol. The molecule has 3 heteroatoms. The van der Waals surface area contributed by atoms with Crippen molar-refractivity contribution in [3.8, 4) is 11.8 Å². The van der Waals surface area contributed by atoms with Crippen LogP contribution in [-0.4, -0.2) is 30.9 Å². The summed E-state index contributed by atoms with van der Waals surface area (Å²) in [7, 11) is 1.72. The maximum absolute atomic E-state index is 11.0. The van der Waals surface area contributed by atoms with Crippen molar-refractivity contribution in [3.05, 3.63) is 0 Å². The van der Waals surface area contributed by atoms with Gasteiger partial charge in [0.15, 0.2) is 0 Å². The van der Waals surface area contributed by atoms with E-state index < -0.39 is 0 Å². The Morgan fingerprint density at radius 2 is 2.27 bits per heavy atom. The van der Waals surface area contributed by atoms with Crippen molar-refractivity contribution in [3.63, 3.8) is 0 Å². The Morgan fingerprint density at radius 1 is 1.64 bits per heavy atom. The Labute approximate surface area is 67.6 Å². The largest absolute Gasteiger partial charge is 0.335 e. The lowest BCUT2D eigenvalue weighted by Crippen LogP contribution is -2.27. The van der Waals surface area contributed by atoms with Crippen molar-refractivity contribution >= 4 is 5.91 Å². The molecule has 0 aliphatic carbocycles. The minimum absolute atomic E-state index is 0.138. The first kappa shape index (κ1) is 9.99. The molecule has 3 nitrogen and oxygen atoms in total. The number of carbonyl (C=O) groups is 1. The van der Waals surface area contributed by atoms with E-state index in [9.17, 15) is 4.79 Å². The normalized spacial score (nSPS) is 8.27. The van der Waals surface area contributed by atoms with Gasteiger partial charge >= 0.3 is 0 Å². The number of amides is 1. The van der Waals surface area contributed by atoms with Gasteiger partial charge < -0.3 is 10.6 Å². The van der Waals surface area contributed by atoms with Crippen molar-refractivity contribution in [1.29, 1.82) is 0 Å². The van der Waals surface area contributed by atoms with Gasteiger partial charge in [-0.3, -0.25) is 4.79 Å². The number of hydrogen-bond donors (Lipinski definition) is 1. The molecular formula is C8H14N2O. The first-order valence-electron chi connectivity index (χ1n) is 3.60. The van der Waals surface area contributed by atoms with Crippen LogP contribution in [0.5, 0.6) is 0 Å². The fourth-order valence-electron chi connectivity index (χ4n) is 0.632. The zero-order chi connectivity index (χ0) is 8.69. The van der Waals surface area contributed by atoms with Crippen LogP contribution in [0.2, 0.25) is 0 Å². The molecule has 0 aromatic carbocycles. The first-order valence-corrected chi connectivity index (χ1v) is 3.60. The Bertz CT molecular complexity index is 178. The zero-order valence-electron chi connectivity index (χ0n) is 7.05. The number of hydrogen-bond acceptors (Lipinski definition) is 2. The summed E-state index contributed by atoms with van der Waals surface area (Å²) in [6.07, 6.45) is 0.827. The Morgan fingerprint density at radius 3 is 2.73 bits per heavy atom. The van der Waals surface area contributed by atoms with Crippen LogP contribution >= 0.6 is 0 Å². The molecule has 1 amide bonds. The molecule has 0 spiro atoms. The highest BCUT2D eigenvalue weighted by Gasteiger charge is 2.02. The lowest BCUT2D eigenvalue weighted by atomic mass is 10.4. The molecule has 0 aromatic heterocycles. The summed E-state index contributed by atoms with van der Waals surface area (Å²) in [5.41, 5.74) is 5.28. The van der Waals surface area contributed by atoms with E-state index in [-0.39, 0.29) is 5.91 Å². The van der Waals surface area contributed by atoms with Gasteiger partial charge in [0.05, 0.1) is 0 Å². The van der Waals surface area contributed by atoms with Crippen LogP contribution in [0.4, 0.5) is 0 Å². The first-order chi connectivity index (χ1) is 5.22. The summed E-state index contributed by atoms with van der Waals surface area (Å²) in [6, 6.07) is 0. The van der Waals surface area contributed by atoms with Crippen molar-refractivity contribution in [2.45, 2.75) is 13.3 Å².